The highest BCUT2D eigenvalue weighted by atomic mass is 19.4. The lowest BCUT2D eigenvalue weighted by atomic mass is 10.0. The van der Waals surface area contributed by atoms with Crippen molar-refractivity contribution in [3.8, 4) is 0 Å². The number of ether oxygens (including phenoxy) is 1. The Morgan fingerprint density at radius 1 is 1.26 bits per heavy atom. The summed E-state index contributed by atoms with van der Waals surface area (Å²) in [7, 11) is 0. The Balaban J connectivity index is 2.01. The lowest BCUT2D eigenvalue weighted by molar-refractivity contribution is -0.166. The zero-order chi connectivity index (χ0) is 14.1. The smallest absolute Gasteiger partial charge is 0.442 e. The molecule has 1 aromatic carbocycles. The van der Waals surface area contributed by atoms with E-state index in [2.05, 4.69) is 10.2 Å². The molecule has 0 aromatic heterocycles. The Labute approximate surface area is 105 Å². The molecule has 0 saturated heterocycles. The molecule has 1 heterocycles. The van der Waals surface area contributed by atoms with Crippen LogP contribution in [0.3, 0.4) is 0 Å². The van der Waals surface area contributed by atoms with Crippen molar-refractivity contribution in [2.45, 2.75) is 18.4 Å². The molecular formula is C11H9F3N2O3. The summed E-state index contributed by atoms with van der Waals surface area (Å²) in [4.78, 5) is 10.2. The topological polar surface area (TPSA) is 71.2 Å². The lowest BCUT2D eigenvalue weighted by Gasteiger charge is -2.14. The van der Waals surface area contributed by atoms with E-state index in [1.807, 2.05) is 0 Å². The van der Waals surface area contributed by atoms with Gasteiger partial charge in [0.25, 0.3) is 0 Å². The van der Waals surface area contributed by atoms with Gasteiger partial charge >= 0.3 is 17.8 Å². The second-order valence-electron chi connectivity index (χ2n) is 3.95. The van der Waals surface area contributed by atoms with E-state index >= 15 is 0 Å². The van der Waals surface area contributed by atoms with Gasteiger partial charge in [0.15, 0.2) is 0 Å². The number of carboxylic acid groups (broad SMARTS) is 1. The number of hydrogen-bond donors (Lipinski definition) is 1. The molecule has 8 heteroatoms. The third-order valence-corrected chi connectivity index (χ3v) is 2.55. The Kier molecular flexibility index (Phi) is 3.27. The maximum Gasteiger partial charge on any atom is 0.442 e. The van der Waals surface area contributed by atoms with Crippen LogP contribution in [0.5, 0.6) is 0 Å². The van der Waals surface area contributed by atoms with Gasteiger partial charge in [0.1, 0.15) is 6.61 Å². The van der Waals surface area contributed by atoms with Crippen molar-refractivity contribution in [1.82, 2.24) is 0 Å². The largest absolute Gasteiger partial charge is 0.480 e. The van der Waals surface area contributed by atoms with E-state index in [1.54, 1.807) is 0 Å². The minimum absolute atomic E-state index is 0.0138. The van der Waals surface area contributed by atoms with E-state index in [1.165, 1.54) is 24.3 Å². The number of carbonyl (C=O) groups is 1. The first-order valence-corrected chi connectivity index (χ1v) is 5.25. The van der Waals surface area contributed by atoms with E-state index in [4.69, 9.17) is 9.84 Å². The third-order valence-electron chi connectivity index (χ3n) is 2.55. The van der Waals surface area contributed by atoms with Crippen molar-refractivity contribution in [3.05, 3.63) is 35.4 Å². The number of benzene rings is 1. The van der Waals surface area contributed by atoms with Gasteiger partial charge < -0.3 is 9.84 Å². The summed E-state index contributed by atoms with van der Waals surface area (Å²) >= 11 is 0. The summed E-state index contributed by atoms with van der Waals surface area (Å²) in [5.41, 5.74) is -1.92. The molecular weight excluding hydrogens is 265 g/mol. The van der Waals surface area contributed by atoms with Crippen molar-refractivity contribution >= 4 is 5.97 Å². The van der Waals surface area contributed by atoms with Crippen molar-refractivity contribution < 1.29 is 27.8 Å². The van der Waals surface area contributed by atoms with Crippen LogP contribution in [0.1, 0.15) is 11.1 Å². The average molecular weight is 274 g/mol. The monoisotopic (exact) mass is 274 g/mol. The number of hydrogen-bond acceptors (Lipinski definition) is 4. The summed E-state index contributed by atoms with van der Waals surface area (Å²) < 4.78 is 42.9. The highest BCUT2D eigenvalue weighted by Crippen LogP contribution is 2.52. The Morgan fingerprint density at radius 2 is 1.84 bits per heavy atom. The quantitative estimate of drug-likeness (QED) is 0.896. The lowest BCUT2D eigenvalue weighted by Crippen LogP contribution is -2.30. The first-order valence-electron chi connectivity index (χ1n) is 5.25. The van der Waals surface area contributed by atoms with Gasteiger partial charge in [0.2, 0.25) is 0 Å². The van der Waals surface area contributed by atoms with E-state index in [0.29, 0.717) is 5.56 Å². The highest BCUT2D eigenvalue weighted by Gasteiger charge is 2.65. The molecule has 1 aliphatic rings. The van der Waals surface area contributed by atoms with Crippen molar-refractivity contribution in [1.29, 1.82) is 0 Å². The number of alkyl halides is 3. The van der Waals surface area contributed by atoms with E-state index < -0.39 is 24.4 Å². The molecule has 5 nitrogen and oxygen atoms in total. The van der Waals surface area contributed by atoms with Crippen LogP contribution in [0, 0.1) is 0 Å². The van der Waals surface area contributed by atoms with Gasteiger partial charge in [-0.3, -0.25) is 0 Å². The summed E-state index contributed by atoms with van der Waals surface area (Å²) in [5.74, 6) is -1.11. The van der Waals surface area contributed by atoms with E-state index in [9.17, 15) is 18.0 Å². The van der Waals surface area contributed by atoms with E-state index in [-0.39, 0.29) is 12.2 Å². The zero-order valence-electron chi connectivity index (χ0n) is 9.52. The molecule has 0 spiro atoms. The fraction of sp³-hybridized carbons (Fsp3) is 0.364. The second kappa shape index (κ2) is 4.61. The van der Waals surface area contributed by atoms with Crippen LogP contribution in [0.2, 0.25) is 0 Å². The number of nitrogens with zero attached hydrogens (tertiary/aromatic N) is 2. The molecule has 0 unspecified atom stereocenters. The maximum atomic E-state index is 12.7. The predicted octanol–water partition coefficient (Wildman–Crippen LogP) is 2.47. The summed E-state index contributed by atoms with van der Waals surface area (Å²) in [6, 6.07) is 5.36. The van der Waals surface area contributed by atoms with Crippen molar-refractivity contribution in [2.75, 3.05) is 6.61 Å². The number of aliphatic carboxylic acids is 1. The maximum absolute atomic E-state index is 12.7. The minimum atomic E-state index is -4.55. The van der Waals surface area contributed by atoms with Crippen LogP contribution in [-0.2, 0) is 21.8 Å². The highest BCUT2D eigenvalue weighted by molar-refractivity contribution is 5.67. The van der Waals surface area contributed by atoms with Gasteiger partial charge in [0.05, 0.1) is 6.61 Å². The van der Waals surface area contributed by atoms with Crippen LogP contribution >= 0.6 is 0 Å². The van der Waals surface area contributed by atoms with Gasteiger partial charge in [-0.25, -0.2) is 4.79 Å². The molecule has 0 atom stereocenters. The molecule has 0 saturated carbocycles. The fourth-order valence-corrected chi connectivity index (χ4v) is 1.53. The second-order valence-corrected chi connectivity index (χ2v) is 3.95. The SMILES string of the molecule is O=C(O)COCc1ccc(C2(C(F)(F)F)N=N2)cc1. The van der Waals surface area contributed by atoms with Gasteiger partial charge in [-0.05, 0) is 5.56 Å². The summed E-state index contributed by atoms with van der Waals surface area (Å²) in [6.45, 7) is -0.446. The molecule has 0 fully saturated rings. The van der Waals surface area contributed by atoms with E-state index in [0.717, 1.165) is 0 Å². The minimum Gasteiger partial charge on any atom is -0.480 e. The van der Waals surface area contributed by atoms with Crippen LogP contribution in [-0.4, -0.2) is 23.9 Å². The van der Waals surface area contributed by atoms with Gasteiger partial charge in [0, 0.05) is 5.56 Å². The molecule has 0 aliphatic carbocycles. The fourth-order valence-electron chi connectivity index (χ4n) is 1.53. The Morgan fingerprint density at radius 3 is 2.26 bits per heavy atom. The molecule has 0 bridgehead atoms. The molecule has 1 aliphatic heterocycles. The van der Waals surface area contributed by atoms with Crippen molar-refractivity contribution in [2.24, 2.45) is 10.2 Å². The van der Waals surface area contributed by atoms with Crippen LogP contribution in [0.25, 0.3) is 0 Å². The molecule has 0 radical (unpaired) electrons. The van der Waals surface area contributed by atoms with Gasteiger partial charge in [-0.15, -0.1) is 10.2 Å². The van der Waals surface area contributed by atoms with Crippen LogP contribution in [0.4, 0.5) is 13.2 Å². The molecule has 1 N–H and O–H groups in total. The molecule has 2 rings (SSSR count). The predicted molar refractivity (Wildman–Crippen MR) is 56.3 cm³/mol. The first kappa shape index (κ1) is 13.5. The average Bonchev–Trinajstić information content (AvgIpc) is 3.10. The molecule has 102 valence electrons. The number of carboxylic acids is 1. The van der Waals surface area contributed by atoms with Gasteiger partial charge in [-0.2, -0.15) is 13.2 Å². The third kappa shape index (κ3) is 2.73. The van der Waals surface area contributed by atoms with Crippen molar-refractivity contribution in [3.63, 3.8) is 0 Å². The standard InChI is InChI=1S/C11H9F3N2O3/c12-11(13,14)10(15-16-10)8-3-1-7(2-4-8)5-19-6-9(17)18/h1-4H,5-6H2,(H,17,18). The molecule has 19 heavy (non-hydrogen) atoms. The number of rotatable bonds is 5. The normalized spacial score (nSPS) is 16.4. The Hall–Kier alpha value is -1.96. The first-order chi connectivity index (χ1) is 8.85. The van der Waals surface area contributed by atoms with Crippen LogP contribution < -0.4 is 0 Å². The molecule has 1 aromatic rings. The van der Waals surface area contributed by atoms with Gasteiger partial charge in [-0.1, -0.05) is 24.3 Å². The number of halogens is 3. The zero-order valence-corrected chi connectivity index (χ0v) is 9.52. The van der Waals surface area contributed by atoms with Crippen LogP contribution in [0.15, 0.2) is 34.5 Å². The Bertz CT molecular complexity index is 505. The molecule has 0 amide bonds. The summed E-state index contributed by atoms with van der Waals surface area (Å²) in [6.07, 6.45) is -4.55. The summed E-state index contributed by atoms with van der Waals surface area (Å²) in [5, 5.41) is 14.5.